The molecular weight excluding hydrogens is 1290 g/mol. The molecule has 25 nitrogen and oxygen atoms in total. The van der Waals surface area contributed by atoms with Gasteiger partial charge in [-0.05, 0) is 81.8 Å². The molecule has 10 aromatic rings. The number of hydrogen-bond acceptors (Lipinski definition) is 20. The van der Waals surface area contributed by atoms with Crippen LogP contribution in [0.25, 0.3) is 56.2 Å². The first-order valence-electron chi connectivity index (χ1n) is 29.5. The van der Waals surface area contributed by atoms with Gasteiger partial charge in [0.1, 0.15) is 41.6 Å². The van der Waals surface area contributed by atoms with Gasteiger partial charge in [0.15, 0.2) is 34.3 Å². The lowest BCUT2D eigenvalue weighted by atomic mass is 10.1. The SMILES string of the molecule is C.C.COc1ncnc(C2CC2)c1-c1ncc2cnn(Cc3ccc(-n4nc(C(F)(F)F)cc4OC4CN(C(=O)OC(C)(C)C)C4)cc3)c2n1.COc1ncnc(C2CC2)c1-c1ncc2cnn(Cc3ccc(-n4nc(C(F)(F)F)cc4OC4CNC4)cc3)c2n1.O=CC(F)(F)F. The molecule has 2 saturated heterocycles. The predicted molar refractivity (Wildman–Crippen MR) is 330 cm³/mol. The van der Waals surface area contributed by atoms with E-state index in [0.29, 0.717) is 95.2 Å². The minimum Gasteiger partial charge on any atom is -0.480 e. The van der Waals surface area contributed by atoms with Gasteiger partial charge in [0.25, 0.3) is 0 Å². The Hall–Kier alpha value is -10.4. The van der Waals surface area contributed by atoms with E-state index in [1.165, 1.54) is 22.2 Å². The Morgan fingerprint density at radius 2 is 1.00 bits per heavy atom. The molecule has 1 N–H and O–H groups in total. The topological polar surface area (TPSA) is 270 Å². The van der Waals surface area contributed by atoms with E-state index < -0.39 is 54.0 Å². The third-order valence-electron chi connectivity index (χ3n) is 15.1. The van der Waals surface area contributed by atoms with Gasteiger partial charge in [0, 0.05) is 49.5 Å². The van der Waals surface area contributed by atoms with Crippen molar-refractivity contribution in [3.8, 4) is 57.7 Å². The number of alkyl halides is 9. The summed E-state index contributed by atoms with van der Waals surface area (Å²) in [6.45, 7) is 7.47. The number of halogens is 9. The summed E-state index contributed by atoms with van der Waals surface area (Å²) in [5.41, 5.74) is 4.04. The van der Waals surface area contributed by atoms with Crippen LogP contribution in [-0.4, -0.2) is 161 Å². The molecule has 2 aromatic carbocycles. The average Bonchev–Trinajstić information content (AvgIpc) is 1.72. The molecule has 2 aliphatic carbocycles. The number of ether oxygens (including phenoxy) is 5. The molecular formula is C63H65F9N18O7. The number of aldehydes is 1. The molecule has 512 valence electrons. The van der Waals surface area contributed by atoms with E-state index in [2.05, 4.69) is 55.6 Å². The van der Waals surface area contributed by atoms with Gasteiger partial charge in [0.2, 0.25) is 29.8 Å². The second-order valence-corrected chi connectivity index (χ2v) is 23.5. The van der Waals surface area contributed by atoms with Crippen molar-refractivity contribution in [1.82, 2.24) is 89.2 Å². The monoisotopic (exact) mass is 1360 g/mol. The number of carbonyl (C=O) groups excluding carboxylic acids is 2. The number of fused-ring (bicyclic) bond motifs is 2. The number of nitrogens with one attached hydrogen (secondary N) is 1. The molecule has 10 heterocycles. The molecule has 14 rings (SSSR count). The Kier molecular flexibility index (Phi) is 19.9. The first-order chi connectivity index (χ1) is 45.3. The lowest BCUT2D eigenvalue weighted by molar-refractivity contribution is -0.156. The fraction of sp³-hybridized carbons (Fsp3) is 0.397. The van der Waals surface area contributed by atoms with Crippen LogP contribution in [0.3, 0.4) is 0 Å². The highest BCUT2D eigenvalue weighted by Crippen LogP contribution is 2.46. The summed E-state index contributed by atoms with van der Waals surface area (Å²) < 4.78 is 146. The highest BCUT2D eigenvalue weighted by atomic mass is 19.4. The lowest BCUT2D eigenvalue weighted by Crippen LogP contribution is -2.57. The Morgan fingerprint density at radius 1 is 0.588 bits per heavy atom. The van der Waals surface area contributed by atoms with Crippen molar-refractivity contribution < 1.29 is 72.8 Å². The molecule has 4 aliphatic rings. The van der Waals surface area contributed by atoms with Gasteiger partial charge >= 0.3 is 24.6 Å². The third kappa shape index (κ3) is 16.0. The number of benzene rings is 2. The van der Waals surface area contributed by atoms with Crippen LogP contribution in [-0.2, 0) is 35.0 Å². The second kappa shape index (κ2) is 27.7. The second-order valence-electron chi connectivity index (χ2n) is 23.5. The van der Waals surface area contributed by atoms with E-state index in [9.17, 15) is 44.3 Å². The average molecular weight is 1360 g/mol. The van der Waals surface area contributed by atoms with Crippen LogP contribution in [0.15, 0.2) is 98.1 Å². The first-order valence-corrected chi connectivity index (χ1v) is 29.5. The summed E-state index contributed by atoms with van der Waals surface area (Å²) in [6.07, 6.45) is -2.30. The summed E-state index contributed by atoms with van der Waals surface area (Å²) in [7, 11) is 3.10. The molecule has 1 amide bonds. The number of aromatic nitrogens is 16. The van der Waals surface area contributed by atoms with Crippen molar-refractivity contribution in [2.75, 3.05) is 40.4 Å². The standard InChI is InChI=1S/C32H32F3N9O4.C27H24F3N9O2.C2HF3O.2CH4/c1-31(2,3)48-30(45)42-15-22(16-42)47-24-11-23(32(33,34)35)41-44(24)21-9-5-18(6-10-21)14-43-28-20(13-39-43)12-36-27(40-28)25-26(19-7-8-19)37-17-38-29(25)46-4;1-40-26-22(23(16-4-5-16)33-14-34-26)24-32-9-17-10-35-38(25(17)36-24)13-15-2-6-18(7-3-15)39-21(41-19-11-31-12-19)8-20(37-39)27(28,29)30;3-2(4,5)1-6;;/h5-6,9-13,17,19,22H,7-8,14-16H2,1-4H3;2-3,6-10,14,16,19,31H,4-5,11-13H2,1H3;1H;2*1H4. The molecule has 8 aromatic heterocycles. The summed E-state index contributed by atoms with van der Waals surface area (Å²) in [4.78, 5) is 58.7. The molecule has 0 bridgehead atoms. The highest BCUT2D eigenvalue weighted by molar-refractivity contribution is 5.79. The number of rotatable bonds is 16. The predicted octanol–water partition coefficient (Wildman–Crippen LogP) is 11.2. The molecule has 4 fully saturated rings. The van der Waals surface area contributed by atoms with Crippen molar-refractivity contribution in [1.29, 1.82) is 0 Å². The van der Waals surface area contributed by atoms with Gasteiger partial charge in [-0.15, -0.1) is 0 Å². The largest absolute Gasteiger partial charge is 0.480 e. The van der Waals surface area contributed by atoms with Crippen LogP contribution in [0, 0.1) is 0 Å². The summed E-state index contributed by atoms with van der Waals surface area (Å²) in [5.74, 6) is 2.33. The molecule has 2 saturated carbocycles. The van der Waals surface area contributed by atoms with Gasteiger partial charge in [-0.2, -0.15) is 59.9 Å². The summed E-state index contributed by atoms with van der Waals surface area (Å²) in [5, 5.41) is 21.1. The normalized spacial score (nSPS) is 15.0. The minimum atomic E-state index is -4.68. The zero-order valence-corrected chi connectivity index (χ0v) is 51.1. The van der Waals surface area contributed by atoms with Crippen molar-refractivity contribution >= 4 is 34.4 Å². The zero-order chi connectivity index (χ0) is 67.1. The maximum absolute atomic E-state index is 13.7. The van der Waals surface area contributed by atoms with E-state index in [1.807, 2.05) is 12.1 Å². The van der Waals surface area contributed by atoms with E-state index in [4.69, 9.17) is 38.4 Å². The van der Waals surface area contributed by atoms with Crippen LogP contribution in [0.2, 0.25) is 0 Å². The van der Waals surface area contributed by atoms with Gasteiger partial charge in [-0.1, -0.05) is 39.1 Å². The zero-order valence-electron chi connectivity index (χ0n) is 51.1. The molecule has 0 atom stereocenters. The lowest BCUT2D eigenvalue weighted by Gasteiger charge is -2.39. The molecule has 2 aliphatic heterocycles. The smallest absolute Gasteiger partial charge is 0.446 e. The summed E-state index contributed by atoms with van der Waals surface area (Å²) in [6, 6.07) is 15.7. The van der Waals surface area contributed by atoms with Gasteiger partial charge < -0.3 is 33.9 Å². The maximum Gasteiger partial charge on any atom is 0.446 e. The number of hydrogen-bond donors (Lipinski definition) is 1. The highest BCUT2D eigenvalue weighted by Gasteiger charge is 2.41. The molecule has 0 unspecified atom stereocenters. The molecule has 0 radical (unpaired) electrons. The molecule has 97 heavy (non-hydrogen) atoms. The Labute approximate surface area is 547 Å². The quantitative estimate of drug-likeness (QED) is 0.0695. The number of methoxy groups -OCH3 is 2. The Bertz CT molecular complexity index is 4420. The Balaban J connectivity index is 0.000000192. The maximum atomic E-state index is 13.7. The van der Waals surface area contributed by atoms with Crippen molar-refractivity contribution in [2.45, 2.75) is 123 Å². The third-order valence-corrected chi connectivity index (χ3v) is 15.1. The van der Waals surface area contributed by atoms with Crippen LogP contribution >= 0.6 is 0 Å². The van der Waals surface area contributed by atoms with E-state index in [0.717, 1.165) is 75.8 Å². The number of likely N-dealkylation sites (tertiary alicyclic amines) is 1. The van der Waals surface area contributed by atoms with Crippen LogP contribution in [0.4, 0.5) is 44.3 Å². The summed E-state index contributed by atoms with van der Waals surface area (Å²) >= 11 is 0. The minimum absolute atomic E-state index is 0. The molecule has 0 spiro atoms. The van der Waals surface area contributed by atoms with Crippen molar-refractivity contribution in [3.05, 3.63) is 132 Å². The number of amides is 1. The van der Waals surface area contributed by atoms with E-state index in [1.54, 1.807) is 106 Å². The number of nitrogens with zero attached hydrogens (tertiary/aromatic N) is 17. The first kappa shape index (κ1) is 69.4. The van der Waals surface area contributed by atoms with Gasteiger partial charge in [-0.25, -0.2) is 63.4 Å². The van der Waals surface area contributed by atoms with Crippen LogP contribution in [0.5, 0.6) is 23.5 Å². The van der Waals surface area contributed by atoms with E-state index in [-0.39, 0.29) is 45.8 Å². The Morgan fingerprint density at radius 3 is 1.35 bits per heavy atom. The fourth-order valence-electron chi connectivity index (χ4n) is 10.1. The van der Waals surface area contributed by atoms with Crippen LogP contribution in [0.1, 0.15) is 107 Å². The molecule has 34 heteroatoms. The van der Waals surface area contributed by atoms with E-state index >= 15 is 0 Å². The van der Waals surface area contributed by atoms with Gasteiger partial charge in [-0.3, -0.25) is 4.79 Å². The fourth-order valence-corrected chi connectivity index (χ4v) is 10.1. The number of carbonyl (C=O) groups is 2. The van der Waals surface area contributed by atoms with Crippen molar-refractivity contribution in [3.63, 3.8) is 0 Å². The van der Waals surface area contributed by atoms with Crippen molar-refractivity contribution in [2.24, 2.45) is 0 Å². The van der Waals surface area contributed by atoms with Crippen LogP contribution < -0.4 is 24.3 Å². The van der Waals surface area contributed by atoms with Gasteiger partial charge in [0.05, 0.1) is 86.3 Å².